The summed E-state index contributed by atoms with van der Waals surface area (Å²) in [6.45, 7) is 11.0. The summed E-state index contributed by atoms with van der Waals surface area (Å²) in [6.07, 6.45) is 0. The number of carbonyl (C=O) groups is 1. The lowest BCUT2D eigenvalue weighted by Gasteiger charge is -2.22. The number of amides is 1. The summed E-state index contributed by atoms with van der Waals surface area (Å²) in [5.74, 6) is 1.23. The number of anilines is 1. The minimum Gasteiger partial charge on any atom is -0.305 e. The number of benzene rings is 2. The number of nitrogens with one attached hydrogen (secondary N) is 1. The molecular weight excluding hydrogens is 555 g/mol. The first-order chi connectivity index (χ1) is 18.4. The van der Waals surface area contributed by atoms with Gasteiger partial charge in [0.1, 0.15) is 0 Å². The van der Waals surface area contributed by atoms with Crippen molar-refractivity contribution in [1.29, 1.82) is 0 Å². The van der Waals surface area contributed by atoms with Crippen LogP contribution in [0.2, 0.25) is 0 Å². The number of nitro benzene ring substituents is 1. The fraction of sp³-hybridized carbons (Fsp3) is 0.346. The number of hydrogen-bond donors (Lipinski definition) is 1. The van der Waals surface area contributed by atoms with Crippen LogP contribution in [-0.2, 0) is 23.0 Å². The van der Waals surface area contributed by atoms with Gasteiger partial charge in [-0.25, -0.2) is 0 Å². The Morgan fingerprint density at radius 3 is 2.33 bits per heavy atom. The van der Waals surface area contributed by atoms with Gasteiger partial charge >= 0.3 is 0 Å². The van der Waals surface area contributed by atoms with Gasteiger partial charge in [-0.3, -0.25) is 20.2 Å². The lowest BCUT2D eigenvalue weighted by molar-refractivity contribution is -0.384. The lowest BCUT2D eigenvalue weighted by Crippen LogP contribution is -2.14. The maximum Gasteiger partial charge on any atom is 0.269 e. The van der Waals surface area contributed by atoms with Crippen LogP contribution in [0.15, 0.2) is 45.9 Å². The van der Waals surface area contributed by atoms with E-state index in [9.17, 15) is 14.9 Å². The molecule has 0 bridgehead atoms. The Hall–Kier alpha value is -3.29. The Bertz CT molecular complexity index is 1480. The predicted octanol–water partition coefficient (Wildman–Crippen LogP) is 6.18. The van der Waals surface area contributed by atoms with Crippen LogP contribution in [0.3, 0.4) is 0 Å². The third-order valence-electron chi connectivity index (χ3n) is 6.06. The molecule has 0 spiro atoms. The van der Waals surface area contributed by atoms with Crippen LogP contribution < -0.4 is 5.32 Å². The van der Waals surface area contributed by atoms with Gasteiger partial charge in [0.05, 0.1) is 10.7 Å². The van der Waals surface area contributed by atoms with Gasteiger partial charge in [0.15, 0.2) is 15.3 Å². The monoisotopic (exact) mass is 583 g/mol. The number of non-ortho nitro benzene ring substituents is 1. The van der Waals surface area contributed by atoms with Crippen molar-refractivity contribution < 1.29 is 9.72 Å². The third kappa shape index (κ3) is 7.02. The summed E-state index contributed by atoms with van der Waals surface area (Å²) in [5, 5.41) is 31.3. The molecule has 2 aromatic heterocycles. The highest BCUT2D eigenvalue weighted by molar-refractivity contribution is 8.00. The zero-order valence-corrected chi connectivity index (χ0v) is 25.0. The Kier molecular flexibility index (Phi) is 8.72. The van der Waals surface area contributed by atoms with E-state index in [1.54, 1.807) is 35.5 Å². The van der Waals surface area contributed by atoms with E-state index in [0.717, 1.165) is 10.1 Å². The van der Waals surface area contributed by atoms with E-state index in [1.165, 1.54) is 57.5 Å². The number of nitro groups is 1. The molecule has 0 atom stereocenters. The van der Waals surface area contributed by atoms with Crippen molar-refractivity contribution in [3.8, 4) is 11.4 Å². The summed E-state index contributed by atoms with van der Waals surface area (Å²) in [4.78, 5) is 23.0. The van der Waals surface area contributed by atoms with Crippen molar-refractivity contribution in [2.45, 2.75) is 55.3 Å². The number of aryl methyl sites for hydroxylation is 2. The minimum absolute atomic E-state index is 0.00500. The molecule has 0 saturated carbocycles. The van der Waals surface area contributed by atoms with Crippen LogP contribution >= 0.6 is 34.9 Å². The number of aromatic nitrogens is 5. The topological polar surface area (TPSA) is 129 Å². The second-order valence-electron chi connectivity index (χ2n) is 10.0. The minimum atomic E-state index is -0.451. The summed E-state index contributed by atoms with van der Waals surface area (Å²) in [6, 6.07) is 10.6. The molecule has 13 heteroatoms. The van der Waals surface area contributed by atoms with Crippen molar-refractivity contribution in [3.05, 3.63) is 68.8 Å². The average Bonchev–Trinajstić information content (AvgIpc) is 3.47. The van der Waals surface area contributed by atoms with Gasteiger partial charge in [-0.2, -0.15) is 0 Å². The third-order valence-corrected chi connectivity index (χ3v) is 9.08. The molecule has 2 heterocycles. The highest BCUT2D eigenvalue weighted by Gasteiger charge is 2.18. The number of rotatable bonds is 9. The summed E-state index contributed by atoms with van der Waals surface area (Å²) in [7, 11) is 1.78. The molecule has 2 aromatic carbocycles. The standard InChI is InChI=1S/C26H29N7O3S3/c1-15-11-18(26(3,4)5)12-16(2)20(15)13-38-25-31-29-23(39-25)27-21(34)14-37-24-30-28-22(32(24)6)17-7-9-19(10-8-17)33(35)36/h7-12H,13-14H2,1-6H3,(H,27,29,34). The van der Waals surface area contributed by atoms with Crippen molar-refractivity contribution in [3.63, 3.8) is 0 Å². The molecule has 0 aliphatic rings. The molecule has 1 amide bonds. The van der Waals surface area contributed by atoms with Crippen LogP contribution in [0.25, 0.3) is 11.4 Å². The van der Waals surface area contributed by atoms with Gasteiger partial charge in [0.25, 0.3) is 5.69 Å². The predicted molar refractivity (Wildman–Crippen MR) is 157 cm³/mol. The number of hydrogen-bond acceptors (Lipinski definition) is 10. The molecule has 0 unspecified atom stereocenters. The van der Waals surface area contributed by atoms with Gasteiger partial charge in [0.2, 0.25) is 11.0 Å². The lowest BCUT2D eigenvalue weighted by atomic mass is 9.84. The molecule has 204 valence electrons. The highest BCUT2D eigenvalue weighted by atomic mass is 32.2. The molecular formula is C26H29N7O3S3. The summed E-state index contributed by atoms with van der Waals surface area (Å²) < 4.78 is 2.54. The van der Waals surface area contributed by atoms with E-state index in [-0.39, 0.29) is 22.8 Å². The fourth-order valence-corrected chi connectivity index (χ4v) is 6.49. The molecule has 0 radical (unpaired) electrons. The number of nitrogens with zero attached hydrogens (tertiary/aromatic N) is 6. The number of carbonyl (C=O) groups excluding carboxylic acids is 1. The Morgan fingerprint density at radius 2 is 1.72 bits per heavy atom. The van der Waals surface area contributed by atoms with Crippen LogP contribution in [0.5, 0.6) is 0 Å². The van der Waals surface area contributed by atoms with Gasteiger partial charge in [-0.1, -0.05) is 67.8 Å². The summed E-state index contributed by atoms with van der Waals surface area (Å²) >= 11 is 4.19. The average molecular weight is 584 g/mol. The smallest absolute Gasteiger partial charge is 0.269 e. The number of thioether (sulfide) groups is 2. The van der Waals surface area contributed by atoms with Gasteiger partial charge in [-0.15, -0.1) is 20.4 Å². The van der Waals surface area contributed by atoms with Crippen molar-refractivity contribution in [2.24, 2.45) is 7.05 Å². The van der Waals surface area contributed by atoms with E-state index in [0.29, 0.717) is 21.7 Å². The highest BCUT2D eigenvalue weighted by Crippen LogP contribution is 2.33. The van der Waals surface area contributed by atoms with Crippen LogP contribution in [0.4, 0.5) is 10.8 Å². The van der Waals surface area contributed by atoms with Crippen LogP contribution in [0.1, 0.15) is 43.0 Å². The first-order valence-electron chi connectivity index (χ1n) is 12.1. The Morgan fingerprint density at radius 1 is 1.05 bits per heavy atom. The van der Waals surface area contributed by atoms with Gasteiger partial charge < -0.3 is 4.57 Å². The maximum atomic E-state index is 12.5. The molecule has 1 N–H and O–H groups in total. The van der Waals surface area contributed by atoms with Gasteiger partial charge in [0, 0.05) is 30.5 Å². The Balaban J connectivity index is 1.31. The zero-order valence-electron chi connectivity index (χ0n) is 22.5. The Labute approximate surface area is 239 Å². The van der Waals surface area contributed by atoms with Crippen LogP contribution in [0, 0.1) is 24.0 Å². The first kappa shape index (κ1) is 28.7. The largest absolute Gasteiger partial charge is 0.305 e. The van der Waals surface area contributed by atoms with Crippen molar-refractivity contribution >= 4 is 51.6 Å². The molecule has 4 aromatic rings. The van der Waals surface area contributed by atoms with E-state index < -0.39 is 4.92 Å². The van der Waals surface area contributed by atoms with Crippen molar-refractivity contribution in [1.82, 2.24) is 25.0 Å². The first-order valence-corrected chi connectivity index (χ1v) is 14.8. The van der Waals surface area contributed by atoms with Crippen molar-refractivity contribution in [2.75, 3.05) is 11.1 Å². The second-order valence-corrected chi connectivity index (χ2v) is 13.1. The quantitative estimate of drug-likeness (QED) is 0.106. The van der Waals surface area contributed by atoms with Crippen LogP contribution in [-0.4, -0.2) is 41.5 Å². The molecule has 0 saturated heterocycles. The summed E-state index contributed by atoms with van der Waals surface area (Å²) in [5.41, 5.74) is 5.96. The molecule has 0 fully saturated rings. The SMILES string of the molecule is Cc1cc(C(C)(C)C)cc(C)c1CSc1nnc(NC(=O)CSc2nnc(-c3ccc([N+](=O)[O-])cc3)n2C)s1. The van der Waals surface area contributed by atoms with Gasteiger partial charge in [-0.05, 0) is 53.6 Å². The molecule has 39 heavy (non-hydrogen) atoms. The second kappa shape index (κ2) is 11.8. The normalized spacial score (nSPS) is 11.5. The van der Waals surface area contributed by atoms with E-state index in [4.69, 9.17) is 0 Å². The molecule has 4 rings (SSSR count). The van der Waals surface area contributed by atoms with E-state index in [2.05, 4.69) is 72.5 Å². The molecule has 10 nitrogen and oxygen atoms in total. The fourth-order valence-electron chi connectivity index (χ4n) is 3.82. The maximum absolute atomic E-state index is 12.5. The van der Waals surface area contributed by atoms with E-state index in [1.807, 2.05) is 0 Å². The zero-order chi connectivity index (χ0) is 28.3. The van der Waals surface area contributed by atoms with E-state index >= 15 is 0 Å². The molecule has 0 aliphatic carbocycles. The molecule has 0 aliphatic heterocycles.